The molecule has 12 heteroatoms. The highest BCUT2D eigenvalue weighted by molar-refractivity contribution is 7.07. The standard InChI is InChI=1S/C20H13F6N3O2S/c21-19(22,23)12-5-11(6-13(8-12)20(24,25)26)7-17(30)28-14-1-3-15(4-2-14)29-18(31)16-9-32-10-27-16/h1-6,8-10H,7H2,(H,28,30)(H,29,31). The second-order valence-corrected chi connectivity index (χ2v) is 7.26. The van der Waals surface area contributed by atoms with Crippen molar-refractivity contribution < 1.29 is 35.9 Å². The average molecular weight is 473 g/mol. The van der Waals surface area contributed by atoms with E-state index in [0.717, 1.165) is 0 Å². The van der Waals surface area contributed by atoms with Crippen molar-refractivity contribution in [3.8, 4) is 0 Å². The van der Waals surface area contributed by atoms with Crippen LogP contribution < -0.4 is 10.6 Å². The lowest BCUT2D eigenvalue weighted by Crippen LogP contribution is -2.17. The minimum atomic E-state index is -4.99. The van der Waals surface area contributed by atoms with Gasteiger partial charge in [0.1, 0.15) is 5.69 Å². The van der Waals surface area contributed by atoms with Crippen LogP contribution in [0.5, 0.6) is 0 Å². The van der Waals surface area contributed by atoms with Gasteiger partial charge in [0, 0.05) is 16.8 Å². The number of hydrogen-bond acceptors (Lipinski definition) is 4. The van der Waals surface area contributed by atoms with Gasteiger partial charge in [-0.2, -0.15) is 26.3 Å². The first-order chi connectivity index (χ1) is 14.9. The predicted molar refractivity (Wildman–Crippen MR) is 105 cm³/mol. The van der Waals surface area contributed by atoms with Crippen LogP contribution >= 0.6 is 11.3 Å². The highest BCUT2D eigenvalue weighted by atomic mass is 32.1. The molecule has 0 bridgehead atoms. The molecular formula is C20H13F6N3O2S. The number of hydrogen-bond donors (Lipinski definition) is 2. The lowest BCUT2D eigenvalue weighted by molar-refractivity contribution is -0.143. The number of halogens is 6. The summed E-state index contributed by atoms with van der Waals surface area (Å²) in [6, 6.07) is 6.78. The third kappa shape index (κ3) is 6.06. The van der Waals surface area contributed by atoms with Gasteiger partial charge in [-0.25, -0.2) is 4.98 Å². The van der Waals surface area contributed by atoms with E-state index in [1.807, 2.05) is 0 Å². The van der Waals surface area contributed by atoms with Gasteiger partial charge in [-0.05, 0) is 48.0 Å². The Kier molecular flexibility index (Phi) is 6.53. The van der Waals surface area contributed by atoms with Gasteiger partial charge in [0.25, 0.3) is 5.91 Å². The molecule has 0 fully saturated rings. The van der Waals surface area contributed by atoms with Crippen molar-refractivity contribution in [2.24, 2.45) is 0 Å². The monoisotopic (exact) mass is 473 g/mol. The quantitative estimate of drug-likeness (QED) is 0.473. The number of benzene rings is 2. The first kappa shape index (κ1) is 23.3. The first-order valence-electron chi connectivity index (χ1n) is 8.79. The van der Waals surface area contributed by atoms with Crippen molar-refractivity contribution >= 4 is 34.5 Å². The fourth-order valence-electron chi connectivity index (χ4n) is 2.67. The molecule has 0 aliphatic carbocycles. The number of carbonyl (C=O) groups is 2. The number of nitrogens with one attached hydrogen (secondary N) is 2. The molecule has 3 rings (SSSR count). The van der Waals surface area contributed by atoms with Gasteiger partial charge < -0.3 is 10.6 Å². The largest absolute Gasteiger partial charge is 0.416 e. The SMILES string of the molecule is O=C(Cc1cc(C(F)(F)F)cc(C(F)(F)F)c1)Nc1ccc(NC(=O)c2cscn2)cc1. The van der Waals surface area contributed by atoms with Crippen molar-refractivity contribution in [1.29, 1.82) is 0 Å². The molecule has 1 aromatic heterocycles. The van der Waals surface area contributed by atoms with E-state index < -0.39 is 47.3 Å². The van der Waals surface area contributed by atoms with Crippen molar-refractivity contribution in [3.05, 3.63) is 75.7 Å². The number of alkyl halides is 6. The summed E-state index contributed by atoms with van der Waals surface area (Å²) in [4.78, 5) is 28.0. The number of thiazole rings is 1. The van der Waals surface area contributed by atoms with Gasteiger partial charge in [-0.15, -0.1) is 11.3 Å². The summed E-state index contributed by atoms with van der Waals surface area (Å²) in [6.45, 7) is 0. The molecule has 2 aromatic carbocycles. The van der Waals surface area contributed by atoms with Crippen LogP contribution in [0.2, 0.25) is 0 Å². The number of anilines is 2. The molecule has 0 unspecified atom stereocenters. The minimum Gasteiger partial charge on any atom is -0.326 e. The van der Waals surface area contributed by atoms with E-state index in [4.69, 9.17) is 0 Å². The van der Waals surface area contributed by atoms with Crippen molar-refractivity contribution in [1.82, 2.24) is 4.98 Å². The summed E-state index contributed by atoms with van der Waals surface area (Å²) < 4.78 is 77.6. The number of amides is 2. The summed E-state index contributed by atoms with van der Waals surface area (Å²) >= 11 is 1.25. The molecule has 0 atom stereocenters. The summed E-state index contributed by atoms with van der Waals surface area (Å²) in [5, 5.41) is 6.53. The summed E-state index contributed by atoms with van der Waals surface area (Å²) in [7, 11) is 0. The Balaban J connectivity index is 1.68. The van der Waals surface area contributed by atoms with E-state index in [1.165, 1.54) is 41.1 Å². The Hall–Kier alpha value is -3.41. The topological polar surface area (TPSA) is 71.1 Å². The van der Waals surface area contributed by atoms with Crippen LogP contribution in [-0.4, -0.2) is 16.8 Å². The molecule has 2 amide bonds. The van der Waals surface area contributed by atoms with Gasteiger partial charge in [-0.1, -0.05) is 0 Å². The lowest BCUT2D eigenvalue weighted by Gasteiger charge is -2.14. The molecule has 32 heavy (non-hydrogen) atoms. The van der Waals surface area contributed by atoms with Gasteiger partial charge in [0.2, 0.25) is 5.91 Å². The minimum absolute atomic E-state index is 0.0000414. The van der Waals surface area contributed by atoms with Crippen LogP contribution in [-0.2, 0) is 23.6 Å². The summed E-state index contributed by atoms with van der Waals surface area (Å²) in [5.74, 6) is -1.25. The Morgan fingerprint density at radius 2 is 1.38 bits per heavy atom. The first-order valence-corrected chi connectivity index (χ1v) is 9.74. The third-order valence-corrected chi connectivity index (χ3v) is 4.69. The van der Waals surface area contributed by atoms with Gasteiger partial charge in [-0.3, -0.25) is 9.59 Å². The zero-order chi connectivity index (χ0) is 23.5. The van der Waals surface area contributed by atoms with Gasteiger partial charge in [0.05, 0.1) is 23.1 Å². The summed E-state index contributed by atoms with van der Waals surface area (Å²) in [5.41, 5.74) is -1.05. The van der Waals surface area contributed by atoms with Crippen LogP contribution in [0.4, 0.5) is 37.7 Å². The molecule has 2 N–H and O–H groups in total. The van der Waals surface area contributed by atoms with Gasteiger partial charge >= 0.3 is 12.4 Å². The molecule has 0 spiro atoms. The molecule has 0 saturated carbocycles. The average Bonchev–Trinajstić information content (AvgIpc) is 3.23. The van der Waals surface area contributed by atoms with Crippen molar-refractivity contribution in [2.75, 3.05) is 10.6 Å². The smallest absolute Gasteiger partial charge is 0.326 e. The molecule has 0 aliphatic heterocycles. The molecule has 1 heterocycles. The van der Waals surface area contributed by atoms with Crippen LogP contribution in [0.15, 0.2) is 53.4 Å². The maximum absolute atomic E-state index is 12.9. The Morgan fingerprint density at radius 1 is 0.844 bits per heavy atom. The van der Waals surface area contributed by atoms with Crippen LogP contribution in [0, 0.1) is 0 Å². The van der Waals surface area contributed by atoms with E-state index >= 15 is 0 Å². The molecule has 0 saturated heterocycles. The normalized spacial score (nSPS) is 11.8. The highest BCUT2D eigenvalue weighted by Crippen LogP contribution is 2.36. The number of nitrogens with zero attached hydrogens (tertiary/aromatic N) is 1. The number of carbonyl (C=O) groups excluding carboxylic acids is 2. The van der Waals surface area contributed by atoms with Crippen LogP contribution in [0.1, 0.15) is 27.2 Å². The predicted octanol–water partition coefficient (Wildman–Crippen LogP) is 5.61. The van der Waals surface area contributed by atoms with E-state index in [9.17, 15) is 35.9 Å². The Bertz CT molecular complexity index is 1080. The molecule has 0 radical (unpaired) electrons. The van der Waals surface area contributed by atoms with Crippen molar-refractivity contribution in [3.63, 3.8) is 0 Å². The molecule has 3 aromatic rings. The maximum Gasteiger partial charge on any atom is 0.416 e. The fourth-order valence-corrected chi connectivity index (χ4v) is 3.20. The van der Waals surface area contributed by atoms with Crippen molar-refractivity contribution in [2.45, 2.75) is 18.8 Å². The van der Waals surface area contributed by atoms with E-state index in [-0.39, 0.29) is 17.4 Å². The molecule has 5 nitrogen and oxygen atoms in total. The Labute approximate surface area is 181 Å². The summed E-state index contributed by atoms with van der Waals surface area (Å²) in [6.07, 6.45) is -10.7. The maximum atomic E-state index is 12.9. The Morgan fingerprint density at radius 3 is 1.84 bits per heavy atom. The van der Waals surface area contributed by atoms with E-state index in [2.05, 4.69) is 15.6 Å². The number of rotatable bonds is 5. The zero-order valence-corrected chi connectivity index (χ0v) is 16.7. The number of aromatic nitrogens is 1. The van der Waals surface area contributed by atoms with Crippen LogP contribution in [0.25, 0.3) is 0 Å². The third-order valence-electron chi connectivity index (χ3n) is 4.10. The van der Waals surface area contributed by atoms with Crippen LogP contribution in [0.3, 0.4) is 0 Å². The second kappa shape index (κ2) is 8.99. The lowest BCUT2D eigenvalue weighted by atomic mass is 10.0. The zero-order valence-electron chi connectivity index (χ0n) is 15.8. The highest BCUT2D eigenvalue weighted by Gasteiger charge is 2.37. The van der Waals surface area contributed by atoms with Gasteiger partial charge in [0.15, 0.2) is 0 Å². The molecule has 168 valence electrons. The van der Waals surface area contributed by atoms with E-state index in [1.54, 1.807) is 5.38 Å². The second-order valence-electron chi connectivity index (χ2n) is 6.54. The fraction of sp³-hybridized carbons (Fsp3) is 0.150. The molecular weight excluding hydrogens is 460 g/mol. The molecule has 0 aliphatic rings. The van der Waals surface area contributed by atoms with E-state index in [0.29, 0.717) is 17.8 Å².